The first-order chi connectivity index (χ1) is 11.9. The van der Waals surface area contributed by atoms with Crippen LogP contribution in [0.1, 0.15) is 21.6 Å². The number of aryl methyl sites for hydroxylation is 1. The Morgan fingerprint density at radius 1 is 1.32 bits per heavy atom. The van der Waals surface area contributed by atoms with E-state index in [9.17, 15) is 9.18 Å². The highest BCUT2D eigenvalue weighted by molar-refractivity contribution is 6.34. The van der Waals surface area contributed by atoms with Crippen molar-refractivity contribution in [2.24, 2.45) is 0 Å². The summed E-state index contributed by atoms with van der Waals surface area (Å²) in [6, 6.07) is 11.3. The molecule has 8 heteroatoms. The molecule has 2 aromatic carbocycles. The van der Waals surface area contributed by atoms with Gasteiger partial charge in [-0.3, -0.25) is 4.79 Å². The van der Waals surface area contributed by atoms with Gasteiger partial charge in [0.1, 0.15) is 5.82 Å². The van der Waals surface area contributed by atoms with Crippen LogP contribution < -0.4 is 11.1 Å². The van der Waals surface area contributed by atoms with E-state index in [2.05, 4.69) is 15.6 Å². The molecule has 1 amide bonds. The number of halogens is 2. The molecule has 0 saturated carbocycles. The second-order valence-corrected chi connectivity index (χ2v) is 5.96. The molecule has 3 N–H and O–H groups in total. The first-order valence-corrected chi connectivity index (χ1v) is 7.83. The van der Waals surface area contributed by atoms with Crippen molar-refractivity contribution in [3.05, 3.63) is 70.1 Å². The number of hydrogen-bond acceptors (Lipinski definition) is 4. The van der Waals surface area contributed by atoms with Crippen molar-refractivity contribution in [3.8, 4) is 0 Å². The van der Waals surface area contributed by atoms with Crippen LogP contribution in [0.5, 0.6) is 0 Å². The highest BCUT2D eigenvalue weighted by atomic mass is 35.5. The van der Waals surface area contributed by atoms with E-state index < -0.39 is 5.91 Å². The molecule has 0 saturated heterocycles. The third-order valence-electron chi connectivity index (χ3n) is 3.58. The molecule has 0 atom stereocenters. The first-order valence-electron chi connectivity index (χ1n) is 7.45. The molecule has 0 aliphatic carbocycles. The van der Waals surface area contributed by atoms with Gasteiger partial charge in [0, 0.05) is 0 Å². The lowest BCUT2D eigenvalue weighted by atomic mass is 10.2. The Morgan fingerprint density at radius 3 is 2.84 bits per heavy atom. The van der Waals surface area contributed by atoms with E-state index in [0.717, 1.165) is 5.56 Å². The molecule has 1 aromatic heterocycles. The van der Waals surface area contributed by atoms with Crippen LogP contribution in [0.3, 0.4) is 0 Å². The topological polar surface area (TPSA) is 85.8 Å². The minimum absolute atomic E-state index is 0.0203. The summed E-state index contributed by atoms with van der Waals surface area (Å²) in [5, 5.41) is 10.8. The number of nitrogens with zero attached hydrogens (tertiary/aromatic N) is 3. The van der Waals surface area contributed by atoms with E-state index in [1.165, 1.54) is 16.8 Å². The summed E-state index contributed by atoms with van der Waals surface area (Å²) in [5.41, 5.74) is 8.02. The molecule has 0 aliphatic heterocycles. The fraction of sp³-hybridized carbons (Fsp3) is 0.118. The number of hydrogen-bond donors (Lipinski definition) is 2. The molecular weight excluding hydrogens is 345 g/mol. The quantitative estimate of drug-likeness (QED) is 0.748. The lowest BCUT2D eigenvalue weighted by Crippen LogP contribution is -2.15. The Morgan fingerprint density at radius 2 is 2.12 bits per heavy atom. The molecule has 128 valence electrons. The fourth-order valence-corrected chi connectivity index (χ4v) is 2.59. The number of nitrogen functional groups attached to an aromatic ring is 1. The van der Waals surface area contributed by atoms with E-state index >= 15 is 0 Å². The number of benzene rings is 2. The van der Waals surface area contributed by atoms with Gasteiger partial charge in [0.15, 0.2) is 11.5 Å². The SMILES string of the molecule is Cc1ccc(NC(=O)c2nnn(Cc3cccc(F)c3)c2N)c(Cl)c1. The first kappa shape index (κ1) is 16.9. The van der Waals surface area contributed by atoms with Gasteiger partial charge in [0.25, 0.3) is 5.91 Å². The molecule has 0 aliphatic rings. The summed E-state index contributed by atoms with van der Waals surface area (Å²) in [6.07, 6.45) is 0. The van der Waals surface area contributed by atoms with Crippen LogP contribution in [0.2, 0.25) is 5.02 Å². The lowest BCUT2D eigenvalue weighted by Gasteiger charge is -2.07. The van der Waals surface area contributed by atoms with Crippen molar-refractivity contribution in [1.82, 2.24) is 15.0 Å². The van der Waals surface area contributed by atoms with Gasteiger partial charge < -0.3 is 11.1 Å². The van der Waals surface area contributed by atoms with Crippen molar-refractivity contribution in [1.29, 1.82) is 0 Å². The summed E-state index contributed by atoms with van der Waals surface area (Å²) >= 11 is 6.11. The standard InChI is InChI=1S/C17H15ClFN5O/c1-10-5-6-14(13(18)7-10)21-17(25)15-16(20)24(23-22-15)9-11-3-2-4-12(19)8-11/h2-8H,9,20H2,1H3,(H,21,25). The van der Waals surface area contributed by atoms with Gasteiger partial charge in [-0.25, -0.2) is 9.07 Å². The van der Waals surface area contributed by atoms with Gasteiger partial charge in [0.2, 0.25) is 0 Å². The molecule has 0 spiro atoms. The Kier molecular flexibility index (Phi) is 4.67. The van der Waals surface area contributed by atoms with Gasteiger partial charge in [-0.2, -0.15) is 0 Å². The van der Waals surface area contributed by atoms with Crippen molar-refractivity contribution in [3.63, 3.8) is 0 Å². The van der Waals surface area contributed by atoms with Crippen molar-refractivity contribution >= 4 is 29.0 Å². The van der Waals surface area contributed by atoms with Crippen molar-refractivity contribution in [2.75, 3.05) is 11.1 Å². The van der Waals surface area contributed by atoms with Crippen molar-refractivity contribution < 1.29 is 9.18 Å². The van der Waals surface area contributed by atoms with Crippen LogP contribution in [0.15, 0.2) is 42.5 Å². The van der Waals surface area contributed by atoms with Gasteiger partial charge in [-0.1, -0.05) is 35.0 Å². The van der Waals surface area contributed by atoms with Crippen molar-refractivity contribution in [2.45, 2.75) is 13.5 Å². The van der Waals surface area contributed by atoms with E-state index in [0.29, 0.717) is 16.3 Å². The third kappa shape index (κ3) is 3.77. The number of nitrogens with two attached hydrogens (primary N) is 1. The minimum atomic E-state index is -0.520. The van der Waals surface area contributed by atoms with Crippen LogP contribution in [0.25, 0.3) is 0 Å². The Balaban J connectivity index is 1.79. The number of amides is 1. The zero-order valence-corrected chi connectivity index (χ0v) is 14.1. The maximum atomic E-state index is 13.3. The van der Waals surface area contributed by atoms with Gasteiger partial charge in [-0.05, 0) is 42.3 Å². The lowest BCUT2D eigenvalue weighted by molar-refractivity contribution is 0.102. The molecule has 1 heterocycles. The Hall–Kier alpha value is -2.93. The molecule has 3 aromatic rings. The number of rotatable bonds is 4. The molecule has 3 rings (SSSR count). The maximum absolute atomic E-state index is 13.3. The van der Waals surface area contributed by atoms with Crippen LogP contribution >= 0.6 is 11.6 Å². The third-order valence-corrected chi connectivity index (χ3v) is 3.90. The summed E-state index contributed by atoms with van der Waals surface area (Å²) < 4.78 is 14.6. The van der Waals surface area contributed by atoms with Gasteiger partial charge >= 0.3 is 0 Å². The van der Waals surface area contributed by atoms with Crippen LogP contribution in [0.4, 0.5) is 15.9 Å². The zero-order chi connectivity index (χ0) is 18.0. The molecule has 0 bridgehead atoms. The summed E-state index contributed by atoms with van der Waals surface area (Å²) in [5.74, 6) is -0.790. The normalized spacial score (nSPS) is 10.7. The predicted molar refractivity (Wildman–Crippen MR) is 94.1 cm³/mol. The molecule has 0 unspecified atom stereocenters. The summed E-state index contributed by atoms with van der Waals surface area (Å²) in [6.45, 7) is 2.10. The maximum Gasteiger partial charge on any atom is 0.280 e. The van der Waals surface area contributed by atoms with E-state index in [-0.39, 0.29) is 23.9 Å². The monoisotopic (exact) mass is 359 g/mol. The average Bonchev–Trinajstić information content (AvgIpc) is 2.91. The van der Waals surface area contributed by atoms with Crippen LogP contribution in [-0.4, -0.2) is 20.9 Å². The summed E-state index contributed by atoms with van der Waals surface area (Å²) in [7, 11) is 0. The minimum Gasteiger partial charge on any atom is -0.382 e. The Labute approximate surface area is 148 Å². The van der Waals surface area contributed by atoms with E-state index in [1.807, 2.05) is 13.0 Å². The second kappa shape index (κ2) is 6.90. The smallest absolute Gasteiger partial charge is 0.280 e. The number of aromatic nitrogens is 3. The highest BCUT2D eigenvalue weighted by Gasteiger charge is 2.18. The average molecular weight is 360 g/mol. The molecule has 0 radical (unpaired) electrons. The number of carbonyl (C=O) groups excluding carboxylic acids is 1. The fourth-order valence-electron chi connectivity index (χ4n) is 2.31. The molecule has 25 heavy (non-hydrogen) atoms. The second-order valence-electron chi connectivity index (χ2n) is 5.55. The van der Waals surface area contributed by atoms with Gasteiger partial charge in [-0.15, -0.1) is 5.10 Å². The van der Waals surface area contributed by atoms with E-state index in [4.69, 9.17) is 17.3 Å². The zero-order valence-electron chi connectivity index (χ0n) is 13.3. The highest BCUT2D eigenvalue weighted by Crippen LogP contribution is 2.23. The number of carbonyl (C=O) groups is 1. The van der Waals surface area contributed by atoms with Crippen LogP contribution in [0, 0.1) is 12.7 Å². The van der Waals surface area contributed by atoms with Crippen LogP contribution in [-0.2, 0) is 6.54 Å². The van der Waals surface area contributed by atoms with E-state index in [1.54, 1.807) is 24.3 Å². The number of nitrogens with one attached hydrogen (secondary N) is 1. The predicted octanol–water partition coefficient (Wildman–Crippen LogP) is 3.26. The molecule has 0 fully saturated rings. The Bertz CT molecular complexity index is 941. The number of anilines is 2. The molecular formula is C17H15ClFN5O. The summed E-state index contributed by atoms with van der Waals surface area (Å²) in [4.78, 5) is 12.4. The largest absolute Gasteiger partial charge is 0.382 e. The molecule has 6 nitrogen and oxygen atoms in total. The van der Waals surface area contributed by atoms with Gasteiger partial charge in [0.05, 0.1) is 17.3 Å².